The van der Waals surface area contributed by atoms with Gasteiger partial charge in [0.15, 0.2) is 0 Å². The quantitative estimate of drug-likeness (QED) is 0.716. The minimum atomic E-state index is -0.209. The molecule has 0 heterocycles. The van der Waals surface area contributed by atoms with E-state index in [0.29, 0.717) is 13.0 Å². The Morgan fingerprint density at radius 3 is 2.58 bits per heavy atom. The van der Waals surface area contributed by atoms with Gasteiger partial charge in [0.1, 0.15) is 5.75 Å². The van der Waals surface area contributed by atoms with Crippen molar-refractivity contribution in [3.8, 4) is 5.75 Å². The van der Waals surface area contributed by atoms with Crippen molar-refractivity contribution in [2.45, 2.75) is 19.4 Å². The Bertz CT molecular complexity index is 921. The molecule has 134 valence electrons. The molecule has 0 aliphatic heterocycles. The van der Waals surface area contributed by atoms with Crippen molar-refractivity contribution in [3.05, 3.63) is 77.4 Å². The highest BCUT2D eigenvalue weighted by Crippen LogP contribution is 2.21. The summed E-state index contributed by atoms with van der Waals surface area (Å²) in [5, 5.41) is 5.35. The number of hydrogen-bond donors (Lipinski definition) is 2. The fourth-order valence-corrected chi connectivity index (χ4v) is 3.11. The number of methoxy groups -OCH3 is 1. The molecule has 3 N–H and O–H groups in total. The topological polar surface area (TPSA) is 64.3 Å². The standard InChI is InChI=1S/C22H24N2O2/c1-15-7-8-16(11-21(15)26-2)12-22(25)24-20(14-23)19-10-9-17-5-3-4-6-18(17)13-19/h3-11,13,20H,12,14,23H2,1-2H3,(H,24,25). The SMILES string of the molecule is COc1cc(CC(=O)NC(CN)c2ccc3ccccc3c2)ccc1C. The minimum Gasteiger partial charge on any atom is -0.496 e. The van der Waals surface area contributed by atoms with Gasteiger partial charge in [-0.05, 0) is 46.5 Å². The third-order valence-electron chi connectivity index (χ3n) is 4.58. The minimum absolute atomic E-state index is 0.0560. The summed E-state index contributed by atoms with van der Waals surface area (Å²) in [6.07, 6.45) is 0.292. The average molecular weight is 348 g/mol. The highest BCUT2D eigenvalue weighted by Gasteiger charge is 2.14. The number of benzene rings is 3. The van der Waals surface area contributed by atoms with Crippen molar-refractivity contribution >= 4 is 16.7 Å². The summed E-state index contributed by atoms with van der Waals surface area (Å²) in [5.41, 5.74) is 8.90. The molecule has 0 saturated carbocycles. The van der Waals surface area contributed by atoms with Crippen LogP contribution in [0.15, 0.2) is 60.7 Å². The van der Waals surface area contributed by atoms with Gasteiger partial charge in [-0.1, -0.05) is 48.5 Å². The Hall–Kier alpha value is -2.85. The number of ether oxygens (including phenoxy) is 1. The molecule has 3 aromatic rings. The van der Waals surface area contributed by atoms with E-state index in [1.54, 1.807) is 7.11 Å². The van der Waals surface area contributed by atoms with Crippen LogP contribution in [0, 0.1) is 6.92 Å². The van der Waals surface area contributed by atoms with Crippen molar-refractivity contribution < 1.29 is 9.53 Å². The molecule has 3 aromatic carbocycles. The van der Waals surface area contributed by atoms with Crippen LogP contribution >= 0.6 is 0 Å². The van der Waals surface area contributed by atoms with Crippen LogP contribution in [0.2, 0.25) is 0 Å². The number of amides is 1. The molecule has 4 nitrogen and oxygen atoms in total. The number of carbonyl (C=O) groups excluding carboxylic acids is 1. The van der Waals surface area contributed by atoms with Crippen LogP contribution in [-0.4, -0.2) is 19.6 Å². The number of nitrogens with two attached hydrogens (primary N) is 1. The number of carbonyl (C=O) groups is 1. The molecule has 0 bridgehead atoms. The monoisotopic (exact) mass is 348 g/mol. The Kier molecular flexibility index (Phi) is 5.54. The maximum atomic E-state index is 12.5. The fourth-order valence-electron chi connectivity index (χ4n) is 3.11. The molecule has 1 unspecified atom stereocenters. The van der Waals surface area contributed by atoms with E-state index in [1.807, 2.05) is 43.3 Å². The second kappa shape index (κ2) is 8.02. The van der Waals surface area contributed by atoms with Gasteiger partial charge >= 0.3 is 0 Å². The lowest BCUT2D eigenvalue weighted by Crippen LogP contribution is -2.34. The molecule has 4 heteroatoms. The van der Waals surface area contributed by atoms with Gasteiger partial charge in [-0.2, -0.15) is 0 Å². The van der Waals surface area contributed by atoms with Gasteiger partial charge in [0, 0.05) is 6.54 Å². The summed E-state index contributed by atoms with van der Waals surface area (Å²) in [5.74, 6) is 0.736. The van der Waals surface area contributed by atoms with Gasteiger partial charge in [-0.25, -0.2) is 0 Å². The van der Waals surface area contributed by atoms with Crippen LogP contribution in [0.5, 0.6) is 5.75 Å². The summed E-state index contributed by atoms with van der Waals surface area (Å²) in [7, 11) is 1.64. The van der Waals surface area contributed by atoms with E-state index in [0.717, 1.165) is 27.8 Å². The fraction of sp³-hybridized carbons (Fsp3) is 0.227. The highest BCUT2D eigenvalue weighted by molar-refractivity contribution is 5.83. The van der Waals surface area contributed by atoms with Crippen LogP contribution in [0.4, 0.5) is 0 Å². The number of nitrogens with one attached hydrogen (secondary N) is 1. The Morgan fingerprint density at radius 1 is 1.08 bits per heavy atom. The lowest BCUT2D eigenvalue weighted by atomic mass is 10.0. The Labute approximate surface area is 154 Å². The zero-order valence-corrected chi connectivity index (χ0v) is 15.2. The maximum absolute atomic E-state index is 12.5. The summed E-state index contributed by atoms with van der Waals surface area (Å²) in [6.45, 7) is 2.33. The first-order valence-electron chi connectivity index (χ1n) is 8.72. The summed E-state index contributed by atoms with van der Waals surface area (Å²) < 4.78 is 5.33. The smallest absolute Gasteiger partial charge is 0.224 e. The second-order valence-corrected chi connectivity index (χ2v) is 6.44. The Morgan fingerprint density at radius 2 is 1.85 bits per heavy atom. The van der Waals surface area contributed by atoms with Crippen LogP contribution < -0.4 is 15.8 Å². The molecule has 0 fully saturated rings. The summed E-state index contributed by atoms with van der Waals surface area (Å²) in [6, 6.07) is 19.9. The number of aryl methyl sites for hydroxylation is 1. The van der Waals surface area contributed by atoms with E-state index in [-0.39, 0.29) is 11.9 Å². The zero-order valence-electron chi connectivity index (χ0n) is 15.2. The van der Waals surface area contributed by atoms with Crippen molar-refractivity contribution in [3.63, 3.8) is 0 Å². The molecule has 0 aliphatic carbocycles. The van der Waals surface area contributed by atoms with Crippen LogP contribution in [0.25, 0.3) is 10.8 Å². The largest absolute Gasteiger partial charge is 0.496 e. The number of rotatable bonds is 6. The van der Waals surface area contributed by atoms with Gasteiger partial charge in [0.05, 0.1) is 19.6 Å². The van der Waals surface area contributed by atoms with E-state index in [2.05, 4.69) is 29.6 Å². The normalized spacial score (nSPS) is 12.0. The number of fused-ring (bicyclic) bond motifs is 1. The molecule has 1 amide bonds. The average Bonchev–Trinajstić information content (AvgIpc) is 2.67. The molecule has 26 heavy (non-hydrogen) atoms. The Balaban J connectivity index is 1.73. The molecular formula is C22H24N2O2. The van der Waals surface area contributed by atoms with Crippen LogP contribution in [0.3, 0.4) is 0 Å². The molecule has 0 aromatic heterocycles. The van der Waals surface area contributed by atoms with Gasteiger partial charge in [0.25, 0.3) is 0 Å². The van der Waals surface area contributed by atoms with E-state index in [4.69, 9.17) is 10.5 Å². The lowest BCUT2D eigenvalue weighted by Gasteiger charge is -2.18. The third-order valence-corrected chi connectivity index (χ3v) is 4.58. The van der Waals surface area contributed by atoms with E-state index in [1.165, 1.54) is 5.39 Å². The van der Waals surface area contributed by atoms with Gasteiger partial charge in [0.2, 0.25) is 5.91 Å². The highest BCUT2D eigenvalue weighted by atomic mass is 16.5. The first-order chi connectivity index (χ1) is 12.6. The van der Waals surface area contributed by atoms with E-state index >= 15 is 0 Å². The van der Waals surface area contributed by atoms with E-state index < -0.39 is 0 Å². The first-order valence-corrected chi connectivity index (χ1v) is 8.72. The van der Waals surface area contributed by atoms with Crippen LogP contribution in [-0.2, 0) is 11.2 Å². The molecule has 0 radical (unpaired) electrons. The van der Waals surface area contributed by atoms with Crippen molar-refractivity contribution in [2.75, 3.05) is 13.7 Å². The summed E-state index contributed by atoms with van der Waals surface area (Å²) >= 11 is 0. The predicted molar refractivity (Wildman–Crippen MR) is 105 cm³/mol. The second-order valence-electron chi connectivity index (χ2n) is 6.44. The maximum Gasteiger partial charge on any atom is 0.224 e. The molecule has 0 spiro atoms. The van der Waals surface area contributed by atoms with Gasteiger partial charge in [-0.15, -0.1) is 0 Å². The zero-order chi connectivity index (χ0) is 18.5. The molecule has 3 rings (SSSR count). The molecular weight excluding hydrogens is 324 g/mol. The first kappa shape index (κ1) is 18.0. The van der Waals surface area contributed by atoms with E-state index in [9.17, 15) is 4.79 Å². The van der Waals surface area contributed by atoms with Gasteiger partial charge < -0.3 is 15.8 Å². The molecule has 0 saturated heterocycles. The van der Waals surface area contributed by atoms with Crippen molar-refractivity contribution in [1.82, 2.24) is 5.32 Å². The van der Waals surface area contributed by atoms with Crippen molar-refractivity contribution in [1.29, 1.82) is 0 Å². The molecule has 0 aliphatic rings. The molecule has 1 atom stereocenters. The summed E-state index contributed by atoms with van der Waals surface area (Å²) in [4.78, 5) is 12.5. The lowest BCUT2D eigenvalue weighted by molar-refractivity contribution is -0.121. The van der Waals surface area contributed by atoms with Crippen LogP contribution in [0.1, 0.15) is 22.7 Å². The number of hydrogen-bond acceptors (Lipinski definition) is 3. The van der Waals surface area contributed by atoms with Gasteiger partial charge in [-0.3, -0.25) is 4.79 Å². The third kappa shape index (κ3) is 4.03. The predicted octanol–water partition coefficient (Wildman–Crippen LogP) is 3.52. The van der Waals surface area contributed by atoms with Crippen molar-refractivity contribution in [2.24, 2.45) is 5.73 Å².